The molecule has 1 aromatic carbocycles. The van der Waals surface area contributed by atoms with Gasteiger partial charge in [-0.1, -0.05) is 30.3 Å². The molecule has 2 rings (SSSR count). The number of carboxylic acid groups (broad SMARTS) is 1. The third-order valence-electron chi connectivity index (χ3n) is 3.18. The first-order chi connectivity index (χ1) is 7.75. The largest absolute Gasteiger partial charge is 0.480 e. The van der Waals surface area contributed by atoms with Gasteiger partial charge in [-0.25, -0.2) is 0 Å². The number of rotatable bonds is 3. The summed E-state index contributed by atoms with van der Waals surface area (Å²) >= 11 is 0. The molecule has 0 unspecified atom stereocenters. The summed E-state index contributed by atoms with van der Waals surface area (Å²) in [5.41, 5.74) is 1.34. The van der Waals surface area contributed by atoms with E-state index in [2.05, 4.69) is 17.4 Å². The van der Waals surface area contributed by atoms with Gasteiger partial charge in [0.25, 0.3) is 0 Å². The predicted molar refractivity (Wildman–Crippen MR) is 62.3 cm³/mol. The Kier molecular flexibility index (Phi) is 3.57. The first-order valence-corrected chi connectivity index (χ1v) is 5.76. The number of carboxylic acids is 1. The van der Waals surface area contributed by atoms with Crippen LogP contribution in [0.2, 0.25) is 0 Å². The van der Waals surface area contributed by atoms with Gasteiger partial charge in [0, 0.05) is 0 Å². The zero-order valence-corrected chi connectivity index (χ0v) is 9.23. The van der Waals surface area contributed by atoms with E-state index in [1.807, 2.05) is 18.2 Å². The van der Waals surface area contributed by atoms with Crippen LogP contribution in [0.15, 0.2) is 30.3 Å². The lowest BCUT2D eigenvalue weighted by Gasteiger charge is -2.27. The Balaban J connectivity index is 1.84. The first-order valence-electron chi connectivity index (χ1n) is 5.76. The second kappa shape index (κ2) is 5.12. The van der Waals surface area contributed by atoms with Crippen molar-refractivity contribution < 1.29 is 9.90 Å². The molecule has 1 aliphatic rings. The highest BCUT2D eigenvalue weighted by Crippen LogP contribution is 2.19. The van der Waals surface area contributed by atoms with Crippen LogP contribution in [0.5, 0.6) is 0 Å². The molecule has 0 spiro atoms. The Labute approximate surface area is 95.5 Å². The summed E-state index contributed by atoms with van der Waals surface area (Å²) in [7, 11) is 0. The molecule has 0 saturated carbocycles. The highest BCUT2D eigenvalue weighted by Gasteiger charge is 2.24. The van der Waals surface area contributed by atoms with E-state index in [0.29, 0.717) is 5.92 Å². The zero-order chi connectivity index (χ0) is 11.4. The lowest BCUT2D eigenvalue weighted by molar-refractivity contribution is -0.140. The smallest absolute Gasteiger partial charge is 0.320 e. The second-order valence-electron chi connectivity index (χ2n) is 4.43. The van der Waals surface area contributed by atoms with Crippen molar-refractivity contribution in [2.45, 2.75) is 25.3 Å². The SMILES string of the molecule is O=C(O)[C@@H]1CC[C@H](Cc2ccccc2)CN1. The maximum Gasteiger partial charge on any atom is 0.320 e. The van der Waals surface area contributed by atoms with Gasteiger partial charge >= 0.3 is 5.97 Å². The van der Waals surface area contributed by atoms with E-state index in [-0.39, 0.29) is 6.04 Å². The number of nitrogens with one attached hydrogen (secondary N) is 1. The number of hydrogen-bond acceptors (Lipinski definition) is 2. The van der Waals surface area contributed by atoms with Crippen molar-refractivity contribution in [1.29, 1.82) is 0 Å². The highest BCUT2D eigenvalue weighted by atomic mass is 16.4. The fraction of sp³-hybridized carbons (Fsp3) is 0.462. The number of hydrogen-bond donors (Lipinski definition) is 2. The fourth-order valence-electron chi connectivity index (χ4n) is 2.25. The molecular formula is C13H17NO2. The number of piperidine rings is 1. The average molecular weight is 219 g/mol. The Bertz CT molecular complexity index is 342. The molecule has 3 heteroatoms. The van der Waals surface area contributed by atoms with E-state index < -0.39 is 5.97 Å². The maximum absolute atomic E-state index is 10.8. The number of carbonyl (C=O) groups is 1. The van der Waals surface area contributed by atoms with E-state index in [1.165, 1.54) is 5.56 Å². The van der Waals surface area contributed by atoms with Crippen LogP contribution in [0, 0.1) is 5.92 Å². The maximum atomic E-state index is 10.8. The van der Waals surface area contributed by atoms with Gasteiger partial charge in [-0.2, -0.15) is 0 Å². The van der Waals surface area contributed by atoms with Crippen LogP contribution in [-0.4, -0.2) is 23.7 Å². The zero-order valence-electron chi connectivity index (χ0n) is 9.23. The molecule has 0 aliphatic carbocycles. The molecule has 0 amide bonds. The minimum Gasteiger partial charge on any atom is -0.480 e. The third-order valence-corrected chi connectivity index (χ3v) is 3.18. The standard InChI is InChI=1S/C13H17NO2/c15-13(16)12-7-6-11(9-14-12)8-10-4-2-1-3-5-10/h1-5,11-12,14H,6-9H2,(H,15,16)/t11-,12+/m1/s1. The van der Waals surface area contributed by atoms with Crippen LogP contribution in [0.1, 0.15) is 18.4 Å². The van der Waals surface area contributed by atoms with Crippen molar-refractivity contribution in [2.24, 2.45) is 5.92 Å². The fourth-order valence-corrected chi connectivity index (χ4v) is 2.25. The molecule has 86 valence electrons. The molecule has 3 nitrogen and oxygen atoms in total. The van der Waals surface area contributed by atoms with E-state index in [1.54, 1.807) is 0 Å². The Morgan fingerprint density at radius 2 is 2.06 bits per heavy atom. The topological polar surface area (TPSA) is 49.3 Å². The van der Waals surface area contributed by atoms with Crippen molar-refractivity contribution in [3.63, 3.8) is 0 Å². The van der Waals surface area contributed by atoms with Crippen molar-refractivity contribution in [3.05, 3.63) is 35.9 Å². The van der Waals surface area contributed by atoms with E-state index in [9.17, 15) is 4.79 Å². The Morgan fingerprint density at radius 1 is 1.31 bits per heavy atom. The van der Waals surface area contributed by atoms with Crippen LogP contribution in [-0.2, 0) is 11.2 Å². The summed E-state index contributed by atoms with van der Waals surface area (Å²) in [5, 5.41) is 11.9. The molecule has 2 N–H and O–H groups in total. The minimum absolute atomic E-state index is 0.341. The molecule has 0 bridgehead atoms. The van der Waals surface area contributed by atoms with Crippen molar-refractivity contribution in [2.75, 3.05) is 6.54 Å². The van der Waals surface area contributed by atoms with Gasteiger partial charge in [0.1, 0.15) is 6.04 Å². The van der Waals surface area contributed by atoms with Crippen LogP contribution >= 0.6 is 0 Å². The van der Waals surface area contributed by atoms with Crippen LogP contribution in [0.4, 0.5) is 0 Å². The van der Waals surface area contributed by atoms with Gasteiger partial charge in [-0.15, -0.1) is 0 Å². The summed E-state index contributed by atoms with van der Waals surface area (Å²) in [5.74, 6) is -0.156. The molecule has 0 aromatic heterocycles. The highest BCUT2D eigenvalue weighted by molar-refractivity contribution is 5.73. The normalized spacial score (nSPS) is 25.2. The van der Waals surface area contributed by atoms with Gasteiger partial charge in [0.2, 0.25) is 0 Å². The van der Waals surface area contributed by atoms with Crippen LogP contribution in [0.25, 0.3) is 0 Å². The van der Waals surface area contributed by atoms with Crippen molar-refractivity contribution in [1.82, 2.24) is 5.32 Å². The molecule has 2 atom stereocenters. The van der Waals surface area contributed by atoms with E-state index in [0.717, 1.165) is 25.8 Å². The van der Waals surface area contributed by atoms with Crippen LogP contribution in [0.3, 0.4) is 0 Å². The quantitative estimate of drug-likeness (QED) is 0.813. The van der Waals surface area contributed by atoms with Gasteiger partial charge in [0.15, 0.2) is 0 Å². The summed E-state index contributed by atoms with van der Waals surface area (Å²) in [6.45, 7) is 0.811. The minimum atomic E-state index is -0.724. The van der Waals surface area contributed by atoms with Gasteiger partial charge in [0.05, 0.1) is 0 Å². The summed E-state index contributed by atoms with van der Waals surface area (Å²) in [6, 6.07) is 10.0. The first kappa shape index (κ1) is 11.1. The monoisotopic (exact) mass is 219 g/mol. The molecular weight excluding hydrogens is 202 g/mol. The molecule has 0 radical (unpaired) electrons. The predicted octanol–water partition coefficient (Wildman–Crippen LogP) is 1.68. The van der Waals surface area contributed by atoms with Gasteiger partial charge < -0.3 is 10.4 Å². The molecule has 16 heavy (non-hydrogen) atoms. The molecule has 1 saturated heterocycles. The number of benzene rings is 1. The average Bonchev–Trinajstić information content (AvgIpc) is 2.31. The molecule has 1 heterocycles. The lowest BCUT2D eigenvalue weighted by Crippen LogP contribution is -2.44. The van der Waals surface area contributed by atoms with E-state index in [4.69, 9.17) is 5.11 Å². The second-order valence-corrected chi connectivity index (χ2v) is 4.43. The molecule has 1 fully saturated rings. The summed E-state index contributed by atoms with van der Waals surface area (Å²) < 4.78 is 0. The van der Waals surface area contributed by atoms with Crippen molar-refractivity contribution in [3.8, 4) is 0 Å². The summed E-state index contributed by atoms with van der Waals surface area (Å²) in [4.78, 5) is 10.8. The van der Waals surface area contributed by atoms with Crippen molar-refractivity contribution >= 4 is 5.97 Å². The molecule has 1 aromatic rings. The lowest BCUT2D eigenvalue weighted by atomic mass is 9.89. The Hall–Kier alpha value is -1.35. The van der Waals surface area contributed by atoms with Crippen LogP contribution < -0.4 is 5.32 Å². The van der Waals surface area contributed by atoms with E-state index >= 15 is 0 Å². The third kappa shape index (κ3) is 2.83. The number of aliphatic carboxylic acids is 1. The van der Waals surface area contributed by atoms with Gasteiger partial charge in [-0.05, 0) is 37.3 Å². The molecule has 1 aliphatic heterocycles. The van der Waals surface area contributed by atoms with Gasteiger partial charge in [-0.3, -0.25) is 4.79 Å². The summed E-state index contributed by atoms with van der Waals surface area (Å²) in [6.07, 6.45) is 2.78. The Morgan fingerprint density at radius 3 is 2.62 bits per heavy atom.